The van der Waals surface area contributed by atoms with Gasteiger partial charge in [0.25, 0.3) is 5.69 Å². The zero-order valence-electron chi connectivity index (χ0n) is 11.6. The van der Waals surface area contributed by atoms with Gasteiger partial charge in [0.2, 0.25) is 5.91 Å². The molecule has 110 valence electrons. The van der Waals surface area contributed by atoms with Crippen LogP contribution >= 0.6 is 0 Å². The standard InChI is InChI=1S/C13H18N2O5/c1-7-4-8(2)11(15(19)20)5-10(7)13(18)12(17)6-14-9(3)16/h4-5,12-13,17-18H,6H2,1-3H3,(H,14,16). The Morgan fingerprint density at radius 1 is 1.35 bits per heavy atom. The molecule has 3 N–H and O–H groups in total. The molecule has 2 atom stereocenters. The van der Waals surface area contributed by atoms with Crippen LogP contribution in [0.5, 0.6) is 0 Å². The minimum atomic E-state index is -1.30. The molecule has 0 spiro atoms. The van der Waals surface area contributed by atoms with E-state index < -0.39 is 17.1 Å². The zero-order valence-corrected chi connectivity index (χ0v) is 11.6. The predicted octanol–water partition coefficient (Wildman–Crippen LogP) is 0.742. The summed E-state index contributed by atoms with van der Waals surface area (Å²) < 4.78 is 0. The molecule has 7 nitrogen and oxygen atoms in total. The molecule has 0 aliphatic heterocycles. The number of hydrogen-bond acceptors (Lipinski definition) is 5. The van der Waals surface area contributed by atoms with Gasteiger partial charge >= 0.3 is 0 Å². The number of carbonyl (C=O) groups is 1. The summed E-state index contributed by atoms with van der Waals surface area (Å²) in [6, 6.07) is 2.84. The molecule has 20 heavy (non-hydrogen) atoms. The van der Waals surface area contributed by atoms with E-state index >= 15 is 0 Å². The van der Waals surface area contributed by atoms with Gasteiger partial charge in [-0.3, -0.25) is 14.9 Å². The fourth-order valence-electron chi connectivity index (χ4n) is 1.94. The second-order valence-electron chi connectivity index (χ2n) is 4.70. The number of aryl methyl sites for hydroxylation is 2. The minimum absolute atomic E-state index is 0.114. The lowest BCUT2D eigenvalue weighted by molar-refractivity contribution is -0.385. The molecule has 0 radical (unpaired) electrons. The fraction of sp³-hybridized carbons (Fsp3) is 0.462. The van der Waals surface area contributed by atoms with Crippen molar-refractivity contribution >= 4 is 11.6 Å². The van der Waals surface area contributed by atoms with Gasteiger partial charge in [-0.15, -0.1) is 0 Å². The number of carbonyl (C=O) groups excluding carboxylic acids is 1. The van der Waals surface area contributed by atoms with Crippen LogP contribution in [0, 0.1) is 24.0 Å². The van der Waals surface area contributed by atoms with E-state index in [-0.39, 0.29) is 23.7 Å². The first kappa shape index (κ1) is 16.1. The molecule has 0 aliphatic carbocycles. The van der Waals surface area contributed by atoms with E-state index in [1.807, 2.05) is 0 Å². The van der Waals surface area contributed by atoms with Crippen molar-refractivity contribution in [3.63, 3.8) is 0 Å². The van der Waals surface area contributed by atoms with Crippen LogP contribution in [0.25, 0.3) is 0 Å². The summed E-state index contributed by atoms with van der Waals surface area (Å²) >= 11 is 0. The lowest BCUT2D eigenvalue weighted by Gasteiger charge is -2.20. The number of amides is 1. The lowest BCUT2D eigenvalue weighted by atomic mass is 9.96. The first-order chi connectivity index (χ1) is 9.23. The van der Waals surface area contributed by atoms with E-state index in [1.165, 1.54) is 13.0 Å². The van der Waals surface area contributed by atoms with E-state index in [2.05, 4.69) is 5.32 Å². The van der Waals surface area contributed by atoms with Crippen LogP contribution in [0.2, 0.25) is 0 Å². The molecule has 0 fully saturated rings. The number of nitro groups is 1. The van der Waals surface area contributed by atoms with Gasteiger partial charge in [-0.05, 0) is 31.0 Å². The molecule has 0 bridgehead atoms. The number of rotatable bonds is 5. The van der Waals surface area contributed by atoms with Crippen molar-refractivity contribution in [3.8, 4) is 0 Å². The maximum Gasteiger partial charge on any atom is 0.272 e. The van der Waals surface area contributed by atoms with Gasteiger partial charge in [0.15, 0.2) is 0 Å². The van der Waals surface area contributed by atoms with Crippen molar-refractivity contribution in [2.45, 2.75) is 33.0 Å². The minimum Gasteiger partial charge on any atom is -0.388 e. The van der Waals surface area contributed by atoms with Gasteiger partial charge in [0.05, 0.1) is 4.92 Å². The summed E-state index contributed by atoms with van der Waals surface area (Å²) in [6.07, 6.45) is -2.54. The molecule has 1 aromatic rings. The topological polar surface area (TPSA) is 113 Å². The molecule has 0 saturated heterocycles. The SMILES string of the molecule is CC(=O)NCC(O)C(O)c1cc([N+](=O)[O-])c(C)cc1C. The van der Waals surface area contributed by atoms with Crippen LogP contribution < -0.4 is 5.32 Å². The largest absolute Gasteiger partial charge is 0.388 e. The van der Waals surface area contributed by atoms with E-state index in [1.54, 1.807) is 19.9 Å². The lowest BCUT2D eigenvalue weighted by Crippen LogP contribution is -2.34. The maximum atomic E-state index is 10.9. The summed E-state index contributed by atoms with van der Waals surface area (Å²) in [5, 5.41) is 33.1. The quantitative estimate of drug-likeness (QED) is 0.544. The number of aliphatic hydroxyl groups excluding tert-OH is 2. The number of nitro benzene ring substituents is 1. The van der Waals surface area contributed by atoms with Gasteiger partial charge < -0.3 is 15.5 Å². The van der Waals surface area contributed by atoms with Gasteiger partial charge in [-0.1, -0.05) is 0 Å². The van der Waals surface area contributed by atoms with E-state index in [9.17, 15) is 25.1 Å². The highest BCUT2D eigenvalue weighted by Gasteiger charge is 2.23. The van der Waals surface area contributed by atoms with Crippen LogP contribution in [0.3, 0.4) is 0 Å². The summed E-state index contributed by atoms with van der Waals surface area (Å²) in [5.41, 5.74) is 1.29. The molecular formula is C13H18N2O5. The Bertz CT molecular complexity index is 530. The van der Waals surface area contributed by atoms with E-state index in [4.69, 9.17) is 0 Å². The van der Waals surface area contributed by atoms with Crippen molar-refractivity contribution in [2.75, 3.05) is 6.54 Å². The number of nitrogens with one attached hydrogen (secondary N) is 1. The average Bonchev–Trinajstić information content (AvgIpc) is 2.34. The predicted molar refractivity (Wildman–Crippen MR) is 72.2 cm³/mol. The highest BCUT2D eigenvalue weighted by molar-refractivity contribution is 5.72. The molecule has 0 saturated carbocycles. The fourth-order valence-corrected chi connectivity index (χ4v) is 1.94. The van der Waals surface area contributed by atoms with Gasteiger partial charge in [0, 0.05) is 25.1 Å². The van der Waals surface area contributed by atoms with E-state index in [0.717, 1.165) is 0 Å². The van der Waals surface area contributed by atoms with Crippen LogP contribution in [0.4, 0.5) is 5.69 Å². The number of benzene rings is 1. The van der Waals surface area contributed by atoms with Crippen molar-refractivity contribution in [1.29, 1.82) is 0 Å². The summed E-state index contributed by atoms with van der Waals surface area (Å²) in [5.74, 6) is -0.331. The molecule has 1 rings (SSSR count). The Labute approximate surface area is 116 Å². The first-order valence-corrected chi connectivity index (χ1v) is 6.10. The summed E-state index contributed by atoms with van der Waals surface area (Å²) in [7, 11) is 0. The molecule has 1 amide bonds. The highest BCUT2D eigenvalue weighted by Crippen LogP contribution is 2.28. The Morgan fingerprint density at radius 2 is 1.95 bits per heavy atom. The van der Waals surface area contributed by atoms with Crippen LogP contribution in [-0.2, 0) is 4.79 Å². The van der Waals surface area contributed by atoms with E-state index in [0.29, 0.717) is 11.1 Å². The monoisotopic (exact) mass is 282 g/mol. The van der Waals surface area contributed by atoms with Gasteiger partial charge in [-0.25, -0.2) is 0 Å². The Balaban J connectivity index is 3.02. The Kier molecular flexibility index (Phi) is 5.18. The van der Waals surface area contributed by atoms with Crippen LogP contribution in [0.1, 0.15) is 29.7 Å². The third kappa shape index (κ3) is 3.75. The Hall–Kier alpha value is -1.99. The molecule has 0 heterocycles. The maximum absolute atomic E-state index is 10.9. The zero-order chi connectivity index (χ0) is 15.4. The van der Waals surface area contributed by atoms with Crippen molar-refractivity contribution in [3.05, 3.63) is 38.9 Å². The summed E-state index contributed by atoms with van der Waals surface area (Å²) in [4.78, 5) is 21.1. The van der Waals surface area contributed by atoms with Crippen molar-refractivity contribution in [1.82, 2.24) is 5.32 Å². The Morgan fingerprint density at radius 3 is 2.45 bits per heavy atom. The second kappa shape index (κ2) is 6.44. The molecular weight excluding hydrogens is 264 g/mol. The van der Waals surface area contributed by atoms with Gasteiger partial charge in [0.1, 0.15) is 12.2 Å². The van der Waals surface area contributed by atoms with Crippen molar-refractivity contribution in [2.24, 2.45) is 0 Å². The smallest absolute Gasteiger partial charge is 0.272 e. The molecule has 0 aliphatic rings. The molecule has 1 aromatic carbocycles. The van der Waals surface area contributed by atoms with Crippen molar-refractivity contribution < 1.29 is 19.9 Å². The third-order valence-electron chi connectivity index (χ3n) is 3.02. The molecule has 0 aromatic heterocycles. The average molecular weight is 282 g/mol. The normalized spacial score (nSPS) is 13.7. The third-order valence-corrected chi connectivity index (χ3v) is 3.02. The van der Waals surface area contributed by atoms with Crippen LogP contribution in [0.15, 0.2) is 12.1 Å². The summed E-state index contributed by atoms with van der Waals surface area (Å²) in [6.45, 7) is 4.47. The number of aliphatic hydroxyl groups is 2. The second-order valence-corrected chi connectivity index (χ2v) is 4.70. The number of nitrogens with zero attached hydrogens (tertiary/aromatic N) is 1. The number of hydrogen-bond donors (Lipinski definition) is 3. The van der Waals surface area contributed by atoms with Gasteiger partial charge in [-0.2, -0.15) is 0 Å². The molecule has 7 heteroatoms. The molecule has 2 unspecified atom stereocenters. The van der Waals surface area contributed by atoms with Crippen LogP contribution in [-0.4, -0.2) is 33.7 Å². The highest BCUT2D eigenvalue weighted by atomic mass is 16.6. The first-order valence-electron chi connectivity index (χ1n) is 6.10.